The molecule has 0 unspecified atom stereocenters. The molecule has 7 nitrogen and oxygen atoms in total. The minimum Gasteiger partial charge on any atom is -0.493 e. The normalized spacial score (nSPS) is 13.5. The Kier molecular flexibility index (Phi) is 7.40. The molecule has 1 aromatic carbocycles. The number of methoxy groups -OCH3 is 1. The Balaban J connectivity index is 1.72. The third-order valence-corrected chi connectivity index (χ3v) is 5.66. The lowest BCUT2D eigenvalue weighted by molar-refractivity contribution is 0.0526. The summed E-state index contributed by atoms with van der Waals surface area (Å²) in [4.78, 5) is 22.9. The number of ether oxygens (including phenoxy) is 3. The highest BCUT2D eigenvalue weighted by Crippen LogP contribution is 2.37. The lowest BCUT2D eigenvalue weighted by atomic mass is 10.1. The van der Waals surface area contributed by atoms with Crippen LogP contribution >= 0.6 is 0 Å². The molecule has 7 heteroatoms. The van der Waals surface area contributed by atoms with Crippen molar-refractivity contribution < 1.29 is 19.0 Å². The number of benzene rings is 1. The lowest BCUT2D eigenvalue weighted by Crippen LogP contribution is -2.18. The number of rotatable bonds is 9. The van der Waals surface area contributed by atoms with Crippen LogP contribution in [0.1, 0.15) is 48.5 Å². The SMILES string of the molecule is CCOC(=O)c1cncc(N(Cc2cccnc2)c2ccc(OC)c(OC3CCCC3)c2)c1. The molecule has 0 bridgehead atoms. The van der Waals surface area contributed by atoms with Crippen LogP contribution in [0.25, 0.3) is 0 Å². The average molecular weight is 448 g/mol. The third-order valence-electron chi connectivity index (χ3n) is 5.66. The molecule has 0 amide bonds. The van der Waals surface area contributed by atoms with E-state index in [1.54, 1.807) is 32.5 Å². The lowest BCUT2D eigenvalue weighted by Gasteiger charge is -2.26. The molecule has 1 aliphatic carbocycles. The summed E-state index contributed by atoms with van der Waals surface area (Å²) in [6, 6.07) is 11.6. The van der Waals surface area contributed by atoms with Crippen LogP contribution in [0, 0.1) is 0 Å². The monoisotopic (exact) mass is 447 g/mol. The zero-order valence-electron chi connectivity index (χ0n) is 19.1. The topological polar surface area (TPSA) is 73.8 Å². The Bertz CT molecular complexity index is 1070. The number of carbonyl (C=O) groups excluding carboxylic acids is 1. The van der Waals surface area contributed by atoms with Crippen LogP contribution in [0.3, 0.4) is 0 Å². The van der Waals surface area contributed by atoms with Crippen molar-refractivity contribution in [2.24, 2.45) is 0 Å². The van der Waals surface area contributed by atoms with Gasteiger partial charge < -0.3 is 19.1 Å². The van der Waals surface area contributed by atoms with E-state index in [0.717, 1.165) is 29.8 Å². The number of nitrogens with zero attached hydrogens (tertiary/aromatic N) is 3. The number of esters is 1. The smallest absolute Gasteiger partial charge is 0.339 e. The molecule has 2 heterocycles. The van der Waals surface area contributed by atoms with Gasteiger partial charge in [0.25, 0.3) is 0 Å². The van der Waals surface area contributed by atoms with Crippen LogP contribution in [-0.4, -0.2) is 35.8 Å². The van der Waals surface area contributed by atoms with Gasteiger partial charge in [0.1, 0.15) is 0 Å². The first kappa shape index (κ1) is 22.6. The standard InChI is InChI=1S/C26H29N3O4/c1-3-32-26(30)20-13-22(17-28-16-20)29(18-19-7-6-12-27-15-19)21-10-11-24(31-2)25(14-21)33-23-8-4-5-9-23/h6-7,10-17,23H,3-5,8-9,18H2,1-2H3. The maximum absolute atomic E-state index is 12.3. The number of aromatic nitrogens is 2. The van der Waals surface area contributed by atoms with Gasteiger partial charge in [0.15, 0.2) is 11.5 Å². The van der Waals surface area contributed by atoms with E-state index in [9.17, 15) is 4.79 Å². The largest absolute Gasteiger partial charge is 0.493 e. The molecular formula is C26H29N3O4. The molecular weight excluding hydrogens is 418 g/mol. The fraction of sp³-hybridized carbons (Fsp3) is 0.346. The van der Waals surface area contributed by atoms with Crippen molar-refractivity contribution in [1.82, 2.24) is 9.97 Å². The summed E-state index contributed by atoms with van der Waals surface area (Å²) >= 11 is 0. The Morgan fingerprint density at radius 3 is 2.61 bits per heavy atom. The summed E-state index contributed by atoms with van der Waals surface area (Å²) in [7, 11) is 1.65. The molecule has 0 aliphatic heterocycles. The van der Waals surface area contributed by atoms with Crippen molar-refractivity contribution in [3.8, 4) is 11.5 Å². The zero-order valence-corrected chi connectivity index (χ0v) is 19.1. The quantitative estimate of drug-likeness (QED) is 0.411. The molecule has 1 fully saturated rings. The molecule has 0 saturated heterocycles. The van der Waals surface area contributed by atoms with Crippen LogP contribution in [-0.2, 0) is 11.3 Å². The van der Waals surface area contributed by atoms with Gasteiger partial charge in [-0.15, -0.1) is 0 Å². The van der Waals surface area contributed by atoms with Crippen molar-refractivity contribution >= 4 is 17.3 Å². The highest BCUT2D eigenvalue weighted by atomic mass is 16.5. The van der Waals surface area contributed by atoms with Crippen LogP contribution in [0.2, 0.25) is 0 Å². The zero-order chi connectivity index (χ0) is 23.0. The minimum atomic E-state index is -0.395. The summed E-state index contributed by atoms with van der Waals surface area (Å²) in [5, 5.41) is 0. The van der Waals surface area contributed by atoms with E-state index < -0.39 is 5.97 Å². The minimum absolute atomic E-state index is 0.203. The van der Waals surface area contributed by atoms with Gasteiger partial charge in [-0.05, 0) is 62.4 Å². The first-order valence-electron chi connectivity index (χ1n) is 11.3. The van der Waals surface area contributed by atoms with Gasteiger partial charge in [-0.25, -0.2) is 4.79 Å². The number of hydrogen-bond donors (Lipinski definition) is 0. The summed E-state index contributed by atoms with van der Waals surface area (Å²) < 4.78 is 17.0. The molecule has 0 radical (unpaired) electrons. The first-order valence-corrected chi connectivity index (χ1v) is 11.3. The summed E-state index contributed by atoms with van der Waals surface area (Å²) in [5.41, 5.74) is 3.09. The predicted molar refractivity (Wildman–Crippen MR) is 126 cm³/mol. The first-order chi connectivity index (χ1) is 16.2. The van der Waals surface area contributed by atoms with Crippen molar-refractivity contribution in [2.45, 2.75) is 45.3 Å². The second kappa shape index (κ2) is 10.8. The molecule has 33 heavy (non-hydrogen) atoms. The average Bonchev–Trinajstić information content (AvgIpc) is 3.36. The Labute approximate surface area is 194 Å². The summed E-state index contributed by atoms with van der Waals surface area (Å²) in [6.07, 6.45) is 11.5. The molecule has 4 rings (SSSR count). The van der Waals surface area contributed by atoms with E-state index in [2.05, 4.69) is 14.9 Å². The molecule has 0 spiro atoms. The van der Waals surface area contributed by atoms with Gasteiger partial charge in [-0.3, -0.25) is 9.97 Å². The maximum atomic E-state index is 12.3. The van der Waals surface area contributed by atoms with Crippen LogP contribution in [0.5, 0.6) is 11.5 Å². The fourth-order valence-electron chi connectivity index (χ4n) is 4.02. The van der Waals surface area contributed by atoms with E-state index in [4.69, 9.17) is 14.2 Å². The van der Waals surface area contributed by atoms with Gasteiger partial charge in [0, 0.05) is 36.9 Å². The van der Waals surface area contributed by atoms with E-state index in [1.807, 2.05) is 36.5 Å². The number of pyridine rings is 2. The second-order valence-electron chi connectivity index (χ2n) is 7.96. The highest BCUT2D eigenvalue weighted by molar-refractivity contribution is 5.90. The van der Waals surface area contributed by atoms with Crippen molar-refractivity contribution in [3.63, 3.8) is 0 Å². The third kappa shape index (κ3) is 5.61. The number of anilines is 2. The van der Waals surface area contributed by atoms with E-state index in [-0.39, 0.29) is 6.10 Å². The van der Waals surface area contributed by atoms with Crippen molar-refractivity contribution in [3.05, 3.63) is 72.3 Å². The van der Waals surface area contributed by atoms with Gasteiger partial charge in [0.2, 0.25) is 0 Å². The Morgan fingerprint density at radius 1 is 1.03 bits per heavy atom. The molecule has 0 N–H and O–H groups in total. The second-order valence-corrected chi connectivity index (χ2v) is 7.96. The Hall–Kier alpha value is -3.61. The van der Waals surface area contributed by atoms with Gasteiger partial charge in [-0.2, -0.15) is 0 Å². The summed E-state index contributed by atoms with van der Waals surface area (Å²) in [6.45, 7) is 2.63. The van der Waals surface area contributed by atoms with E-state index in [1.165, 1.54) is 19.0 Å². The fourth-order valence-corrected chi connectivity index (χ4v) is 4.02. The van der Waals surface area contributed by atoms with Crippen molar-refractivity contribution in [2.75, 3.05) is 18.6 Å². The number of hydrogen-bond acceptors (Lipinski definition) is 7. The molecule has 1 aliphatic rings. The van der Waals surface area contributed by atoms with E-state index in [0.29, 0.717) is 30.2 Å². The highest BCUT2D eigenvalue weighted by Gasteiger charge is 2.21. The van der Waals surface area contributed by atoms with Gasteiger partial charge >= 0.3 is 5.97 Å². The van der Waals surface area contributed by atoms with Crippen LogP contribution < -0.4 is 14.4 Å². The Morgan fingerprint density at radius 2 is 1.88 bits per heavy atom. The number of carbonyl (C=O) groups is 1. The molecule has 1 saturated carbocycles. The van der Waals surface area contributed by atoms with E-state index >= 15 is 0 Å². The molecule has 3 aromatic rings. The maximum Gasteiger partial charge on any atom is 0.339 e. The molecule has 172 valence electrons. The predicted octanol–water partition coefficient (Wildman–Crippen LogP) is 5.32. The molecule has 0 atom stereocenters. The van der Waals surface area contributed by atoms with Crippen LogP contribution in [0.4, 0.5) is 11.4 Å². The van der Waals surface area contributed by atoms with Crippen molar-refractivity contribution in [1.29, 1.82) is 0 Å². The molecule has 2 aromatic heterocycles. The van der Waals surface area contributed by atoms with Gasteiger partial charge in [0.05, 0.1) is 37.3 Å². The summed E-state index contributed by atoms with van der Waals surface area (Å²) in [5.74, 6) is 1.02. The van der Waals surface area contributed by atoms with Gasteiger partial charge in [-0.1, -0.05) is 6.07 Å². The van der Waals surface area contributed by atoms with Crippen LogP contribution in [0.15, 0.2) is 61.2 Å².